The van der Waals surface area contributed by atoms with E-state index in [9.17, 15) is 9.59 Å². The van der Waals surface area contributed by atoms with Crippen molar-refractivity contribution in [2.45, 2.75) is 159 Å². The highest BCUT2D eigenvalue weighted by atomic mass is 16.5. The Balaban J connectivity index is 1.79. The Morgan fingerprint density at radius 3 is 0.980 bits per heavy atom. The fraction of sp³-hybridized carbons (Fsp3) is 0.565. The van der Waals surface area contributed by atoms with Gasteiger partial charge in [-0.15, -0.1) is 0 Å². The molecule has 0 amide bonds. The predicted molar refractivity (Wildman–Crippen MR) is 207 cm³/mol. The third-order valence-electron chi connectivity index (χ3n) is 11.7. The summed E-state index contributed by atoms with van der Waals surface area (Å²) in [4.78, 5) is 27.0. The molecular formula is C46H62O4. The monoisotopic (exact) mass is 678 g/mol. The van der Waals surface area contributed by atoms with Crippen LogP contribution in [0, 0.1) is 13.8 Å². The Morgan fingerprint density at radius 1 is 0.420 bits per heavy atom. The molecule has 0 atom stereocenters. The molecule has 0 N–H and O–H groups in total. The molecule has 0 aromatic heterocycles. The van der Waals surface area contributed by atoms with Crippen molar-refractivity contribution in [1.82, 2.24) is 0 Å². The lowest BCUT2D eigenvalue weighted by molar-refractivity contribution is 0.0477. The van der Waals surface area contributed by atoms with Crippen molar-refractivity contribution >= 4 is 11.9 Å². The van der Waals surface area contributed by atoms with Crippen LogP contribution in [0.3, 0.4) is 0 Å². The van der Waals surface area contributed by atoms with E-state index in [1.165, 1.54) is 71.9 Å². The van der Waals surface area contributed by atoms with Crippen LogP contribution in [0.4, 0.5) is 0 Å². The average Bonchev–Trinajstić information content (AvgIpc) is 3.10. The number of rotatable bonds is 14. The highest BCUT2D eigenvalue weighted by Gasteiger charge is 2.36. The lowest BCUT2D eigenvalue weighted by Gasteiger charge is -2.36. The van der Waals surface area contributed by atoms with E-state index in [1.807, 2.05) is 27.7 Å². The molecule has 50 heavy (non-hydrogen) atoms. The van der Waals surface area contributed by atoms with Crippen LogP contribution in [-0.4, -0.2) is 25.2 Å². The molecule has 0 heterocycles. The van der Waals surface area contributed by atoms with E-state index in [2.05, 4.69) is 41.5 Å². The van der Waals surface area contributed by atoms with Crippen molar-refractivity contribution in [3.63, 3.8) is 0 Å². The molecule has 0 spiro atoms. The maximum absolute atomic E-state index is 13.5. The van der Waals surface area contributed by atoms with E-state index < -0.39 is 11.9 Å². The van der Waals surface area contributed by atoms with Crippen molar-refractivity contribution in [2.24, 2.45) is 0 Å². The van der Waals surface area contributed by atoms with E-state index in [0.717, 1.165) is 62.5 Å². The number of hydrogen-bond acceptors (Lipinski definition) is 4. The summed E-state index contributed by atoms with van der Waals surface area (Å²) in [5.74, 6) is -0.873. The highest BCUT2D eigenvalue weighted by Crippen LogP contribution is 2.46. The zero-order chi connectivity index (χ0) is 36.3. The SMILES string of the molecule is CCCc1c(CCC)c(CCC)c2c(c1CCC)Cc1c(CC)c3c(c(CC)c1C2)Cc1c(C)c(C(=O)OCC)c(C(=O)OCC)c(C)c1C3. The molecule has 3 aromatic carbocycles. The van der Waals surface area contributed by atoms with E-state index in [4.69, 9.17) is 9.47 Å². The summed E-state index contributed by atoms with van der Waals surface area (Å²) in [5.41, 5.74) is 23.9. The molecule has 0 radical (unpaired) electrons. The first kappa shape index (κ1) is 37.8. The molecule has 4 heteroatoms. The third-order valence-corrected chi connectivity index (χ3v) is 11.7. The van der Waals surface area contributed by atoms with Gasteiger partial charge >= 0.3 is 11.9 Å². The molecular weight excluding hydrogens is 617 g/mol. The maximum atomic E-state index is 13.5. The van der Waals surface area contributed by atoms with Crippen LogP contribution in [0.2, 0.25) is 0 Å². The second-order valence-electron chi connectivity index (χ2n) is 14.6. The first-order valence-corrected chi connectivity index (χ1v) is 20.0. The summed E-state index contributed by atoms with van der Waals surface area (Å²) in [6.07, 6.45) is 15.0. The van der Waals surface area contributed by atoms with Gasteiger partial charge in [0.1, 0.15) is 0 Å². The molecule has 0 bridgehead atoms. The van der Waals surface area contributed by atoms with Crippen molar-refractivity contribution in [1.29, 1.82) is 0 Å². The fourth-order valence-electron chi connectivity index (χ4n) is 9.76. The standard InChI is InChI=1S/C46H62O4/c1-11-19-31-32(20-12-2)34(22-14-4)42-26-40-30(16-6)38-24-36-28(10)44(46(48)50-18-8)43(45(47)49-17-7)27(9)35(36)23-37(38)29(15-5)39(40)25-41(42)33(31)21-13-3/h11-26H2,1-10H3. The zero-order valence-corrected chi connectivity index (χ0v) is 32.9. The second kappa shape index (κ2) is 16.3. The molecule has 270 valence electrons. The lowest BCUT2D eigenvalue weighted by atomic mass is 9.68. The van der Waals surface area contributed by atoms with Gasteiger partial charge in [0.25, 0.3) is 0 Å². The summed E-state index contributed by atoms with van der Waals surface area (Å²) in [6.45, 7) is 22.2. The summed E-state index contributed by atoms with van der Waals surface area (Å²) in [7, 11) is 0. The van der Waals surface area contributed by atoms with Gasteiger partial charge in [-0.3, -0.25) is 0 Å². The molecule has 2 aliphatic carbocycles. The van der Waals surface area contributed by atoms with Crippen molar-refractivity contribution in [3.8, 4) is 0 Å². The van der Waals surface area contributed by atoms with Gasteiger partial charge in [0.05, 0.1) is 24.3 Å². The second-order valence-corrected chi connectivity index (χ2v) is 14.6. The van der Waals surface area contributed by atoms with Gasteiger partial charge in [-0.05, 0) is 181 Å². The van der Waals surface area contributed by atoms with Crippen LogP contribution in [-0.2, 0) is 73.7 Å². The summed E-state index contributed by atoms with van der Waals surface area (Å²) in [5, 5.41) is 0. The fourth-order valence-corrected chi connectivity index (χ4v) is 9.76. The Morgan fingerprint density at radius 2 is 0.700 bits per heavy atom. The van der Waals surface area contributed by atoms with Crippen LogP contribution in [0.25, 0.3) is 0 Å². The van der Waals surface area contributed by atoms with Crippen LogP contribution < -0.4 is 0 Å². The highest BCUT2D eigenvalue weighted by molar-refractivity contribution is 6.06. The van der Waals surface area contributed by atoms with E-state index in [1.54, 1.807) is 44.5 Å². The third kappa shape index (κ3) is 6.46. The van der Waals surface area contributed by atoms with E-state index in [-0.39, 0.29) is 13.2 Å². The van der Waals surface area contributed by atoms with Gasteiger partial charge in [-0.2, -0.15) is 0 Å². The van der Waals surface area contributed by atoms with Gasteiger partial charge in [0.15, 0.2) is 0 Å². The average molecular weight is 679 g/mol. The van der Waals surface area contributed by atoms with Gasteiger partial charge in [0.2, 0.25) is 0 Å². The Kier molecular flexibility index (Phi) is 12.3. The summed E-state index contributed by atoms with van der Waals surface area (Å²) in [6, 6.07) is 0. The topological polar surface area (TPSA) is 52.6 Å². The number of carbonyl (C=O) groups excluding carboxylic acids is 2. The molecule has 0 fully saturated rings. The van der Waals surface area contributed by atoms with Crippen molar-refractivity contribution in [3.05, 3.63) is 100 Å². The van der Waals surface area contributed by atoms with Crippen molar-refractivity contribution in [2.75, 3.05) is 13.2 Å². The number of ether oxygens (including phenoxy) is 2. The molecule has 0 aliphatic heterocycles. The smallest absolute Gasteiger partial charge is 0.339 e. The summed E-state index contributed by atoms with van der Waals surface area (Å²) < 4.78 is 11.1. The molecule has 2 aliphatic rings. The number of benzene rings is 3. The number of esters is 2. The minimum absolute atomic E-state index is 0.257. The first-order chi connectivity index (χ1) is 24.2. The minimum atomic E-state index is -0.437. The van der Waals surface area contributed by atoms with Gasteiger partial charge in [-0.25, -0.2) is 9.59 Å². The number of fused-ring (bicyclic) bond motifs is 4. The van der Waals surface area contributed by atoms with Crippen LogP contribution >= 0.6 is 0 Å². The molecule has 0 saturated heterocycles. The summed E-state index contributed by atoms with van der Waals surface area (Å²) >= 11 is 0. The first-order valence-electron chi connectivity index (χ1n) is 20.0. The lowest BCUT2D eigenvalue weighted by Crippen LogP contribution is -2.26. The number of carbonyl (C=O) groups is 2. The minimum Gasteiger partial charge on any atom is -0.462 e. The Labute approximate surface area is 302 Å². The normalized spacial score (nSPS) is 13.0. The van der Waals surface area contributed by atoms with E-state index >= 15 is 0 Å². The molecule has 0 saturated carbocycles. The van der Waals surface area contributed by atoms with Crippen LogP contribution in [0.1, 0.15) is 191 Å². The van der Waals surface area contributed by atoms with Crippen molar-refractivity contribution < 1.29 is 19.1 Å². The molecule has 0 unspecified atom stereocenters. The molecule has 5 rings (SSSR count). The van der Waals surface area contributed by atoms with E-state index in [0.29, 0.717) is 11.1 Å². The van der Waals surface area contributed by atoms with Crippen LogP contribution in [0.15, 0.2) is 0 Å². The maximum Gasteiger partial charge on any atom is 0.339 e. The quantitative estimate of drug-likeness (QED) is 0.110. The predicted octanol–water partition coefficient (Wildman–Crippen LogP) is 10.6. The Bertz CT molecular complexity index is 1660. The van der Waals surface area contributed by atoms with Gasteiger partial charge in [0, 0.05) is 0 Å². The molecule has 3 aromatic rings. The molecule has 4 nitrogen and oxygen atoms in total. The Hall–Kier alpha value is -3.40. The number of hydrogen-bond donors (Lipinski definition) is 0. The van der Waals surface area contributed by atoms with Crippen LogP contribution in [0.5, 0.6) is 0 Å². The zero-order valence-electron chi connectivity index (χ0n) is 32.9. The van der Waals surface area contributed by atoms with Gasteiger partial charge in [-0.1, -0.05) is 67.2 Å². The van der Waals surface area contributed by atoms with Gasteiger partial charge < -0.3 is 9.47 Å². The largest absolute Gasteiger partial charge is 0.462 e.